The van der Waals surface area contributed by atoms with Crippen molar-refractivity contribution in [2.24, 2.45) is 0 Å². The molecule has 248 valence electrons. The molecule has 0 N–H and O–H groups in total. The molecule has 0 bridgehead atoms. The van der Waals surface area contributed by atoms with E-state index in [1.807, 2.05) is 17.5 Å². The molecule has 2 aliphatic heterocycles. The number of aryl methyl sites for hydroxylation is 1. The first-order valence-electron chi connectivity index (χ1n) is 15.9. The number of aromatic nitrogens is 3. The number of alkyl halides is 3. The van der Waals surface area contributed by atoms with Crippen molar-refractivity contribution in [2.75, 3.05) is 37.8 Å². The van der Waals surface area contributed by atoms with E-state index in [1.165, 1.54) is 13.0 Å². The molecule has 1 aromatic carbocycles. The highest BCUT2D eigenvalue weighted by atomic mass is 28.4. The summed E-state index contributed by atoms with van der Waals surface area (Å²) < 4.78 is 67.6. The Kier molecular flexibility index (Phi) is 10.0. The van der Waals surface area contributed by atoms with E-state index in [1.54, 1.807) is 6.07 Å². The summed E-state index contributed by atoms with van der Waals surface area (Å²) in [6.45, 7) is 17.6. The summed E-state index contributed by atoms with van der Waals surface area (Å²) in [4.78, 5) is 7.15. The van der Waals surface area contributed by atoms with Crippen LogP contribution < -0.4 is 4.90 Å². The van der Waals surface area contributed by atoms with Crippen molar-refractivity contribution in [3.63, 3.8) is 0 Å². The summed E-state index contributed by atoms with van der Waals surface area (Å²) >= 11 is 0. The van der Waals surface area contributed by atoms with E-state index in [0.717, 1.165) is 49.0 Å². The Hall–Kier alpha value is -2.51. The molecule has 12 heteroatoms. The number of hydrogen-bond donors (Lipinski definition) is 0. The molecule has 4 heterocycles. The summed E-state index contributed by atoms with van der Waals surface area (Å²) in [6.07, 6.45) is -1.46. The fraction of sp³-hybridized carbons (Fsp3) is 0.636. The van der Waals surface area contributed by atoms with Crippen molar-refractivity contribution in [1.82, 2.24) is 14.6 Å². The molecule has 0 aliphatic carbocycles. The number of rotatable bonds is 9. The number of nitrogens with zero attached hydrogens (tertiary/aromatic N) is 4. The smallest absolute Gasteiger partial charge is 0.411 e. The molecule has 0 saturated carbocycles. The first kappa shape index (κ1) is 33.8. The van der Waals surface area contributed by atoms with Gasteiger partial charge in [0.2, 0.25) is 0 Å². The number of hydrogen-bond acceptors (Lipinski definition) is 7. The van der Waals surface area contributed by atoms with Crippen LogP contribution in [0, 0.1) is 13.8 Å². The maximum atomic E-state index is 13.8. The fourth-order valence-corrected chi connectivity index (χ4v) is 6.53. The average Bonchev–Trinajstić information content (AvgIpc) is 3.33. The van der Waals surface area contributed by atoms with Gasteiger partial charge in [0.1, 0.15) is 5.82 Å². The van der Waals surface area contributed by atoms with Crippen LogP contribution in [0.2, 0.25) is 18.1 Å². The highest BCUT2D eigenvalue weighted by Crippen LogP contribution is 2.38. The lowest BCUT2D eigenvalue weighted by Gasteiger charge is -2.36. The van der Waals surface area contributed by atoms with Crippen molar-refractivity contribution in [2.45, 2.75) is 104 Å². The molecule has 2 aromatic heterocycles. The van der Waals surface area contributed by atoms with E-state index < -0.39 is 20.1 Å². The van der Waals surface area contributed by atoms with Crippen molar-refractivity contribution in [3.05, 3.63) is 57.9 Å². The van der Waals surface area contributed by atoms with Crippen LogP contribution in [-0.2, 0) is 37.8 Å². The van der Waals surface area contributed by atoms with E-state index in [2.05, 4.69) is 38.8 Å². The lowest BCUT2D eigenvalue weighted by atomic mass is 9.98. The first-order chi connectivity index (χ1) is 21.1. The molecular weight excluding hydrogens is 601 g/mol. The lowest BCUT2D eigenvalue weighted by molar-refractivity contribution is -0.180. The Bertz CT molecular complexity index is 1480. The van der Waals surface area contributed by atoms with Gasteiger partial charge >= 0.3 is 6.18 Å². The second kappa shape index (κ2) is 13.3. The predicted molar refractivity (Wildman–Crippen MR) is 170 cm³/mol. The van der Waals surface area contributed by atoms with E-state index in [4.69, 9.17) is 28.7 Å². The summed E-state index contributed by atoms with van der Waals surface area (Å²) in [5.74, 6) is 0.762. The fourth-order valence-electron chi connectivity index (χ4n) is 5.60. The van der Waals surface area contributed by atoms with Crippen LogP contribution in [0.3, 0.4) is 0 Å². The van der Waals surface area contributed by atoms with Crippen LogP contribution in [-0.4, -0.2) is 68.2 Å². The quantitative estimate of drug-likeness (QED) is 0.227. The van der Waals surface area contributed by atoms with Gasteiger partial charge in [0.25, 0.3) is 0 Å². The van der Waals surface area contributed by atoms with Gasteiger partial charge in [-0.1, -0.05) is 32.9 Å². The monoisotopic (exact) mass is 648 g/mol. The van der Waals surface area contributed by atoms with Gasteiger partial charge < -0.3 is 23.5 Å². The normalized spacial score (nSPS) is 20.3. The number of imidazole rings is 1. The summed E-state index contributed by atoms with van der Waals surface area (Å²) in [5.41, 5.74) is 3.20. The van der Waals surface area contributed by atoms with Gasteiger partial charge in [0, 0.05) is 26.1 Å². The average molecular weight is 649 g/mol. The third kappa shape index (κ3) is 7.73. The van der Waals surface area contributed by atoms with E-state index >= 15 is 0 Å². The molecule has 2 saturated heterocycles. The second-order valence-corrected chi connectivity index (χ2v) is 18.6. The van der Waals surface area contributed by atoms with Gasteiger partial charge in [0.15, 0.2) is 20.3 Å². The Labute approximate surface area is 265 Å². The predicted octanol–water partition coefficient (Wildman–Crippen LogP) is 7.23. The van der Waals surface area contributed by atoms with Gasteiger partial charge in [-0.05, 0) is 80.1 Å². The van der Waals surface area contributed by atoms with E-state index in [9.17, 15) is 13.2 Å². The molecule has 8 nitrogen and oxygen atoms in total. The zero-order chi connectivity index (χ0) is 32.6. The minimum absolute atomic E-state index is 0.00894. The van der Waals surface area contributed by atoms with Gasteiger partial charge in [0.05, 0.1) is 42.9 Å². The highest BCUT2D eigenvalue weighted by molar-refractivity contribution is 6.74. The Morgan fingerprint density at radius 1 is 1.07 bits per heavy atom. The molecular formula is C33H47F3N4O4Si. The topological polar surface area (TPSA) is 70.4 Å². The molecule has 2 atom stereocenters. The minimum atomic E-state index is -4.43. The maximum Gasteiger partial charge on any atom is 0.416 e. The molecule has 2 fully saturated rings. The van der Waals surface area contributed by atoms with Gasteiger partial charge in [-0.15, -0.1) is 5.10 Å². The Morgan fingerprint density at radius 3 is 2.53 bits per heavy atom. The molecule has 5 rings (SSSR count). The lowest BCUT2D eigenvalue weighted by Crippen LogP contribution is -2.45. The number of ether oxygens (including phenoxy) is 3. The Balaban J connectivity index is 1.48. The molecule has 0 spiro atoms. The van der Waals surface area contributed by atoms with Crippen LogP contribution >= 0.6 is 0 Å². The van der Waals surface area contributed by atoms with Crippen LogP contribution in [0.5, 0.6) is 0 Å². The van der Waals surface area contributed by atoms with Crippen molar-refractivity contribution in [1.29, 1.82) is 0 Å². The number of fused-ring (bicyclic) bond motifs is 1. The minimum Gasteiger partial charge on any atom is -0.411 e. The number of halogens is 3. The molecule has 2 aliphatic rings. The highest BCUT2D eigenvalue weighted by Gasteiger charge is 2.38. The largest absolute Gasteiger partial charge is 0.416 e. The molecule has 0 radical (unpaired) electrons. The van der Waals surface area contributed by atoms with E-state index in [-0.39, 0.29) is 36.0 Å². The number of benzene rings is 1. The second-order valence-electron chi connectivity index (χ2n) is 13.8. The SMILES string of the molecule is Cc1c(Cc2c(CO[Si](C)(C)C(C)(C)C)nc3c(C)cc(N4CCOC(COC5CCCCO5)C4)nn23)cccc1C(F)(F)F. The standard InChI is InChI=1S/C33H47F3N4O4Si/c1-22-17-29(39-14-16-41-25(19-39)20-43-30-13-8-9-15-42-30)38-40-28(18-24-11-10-12-26(23(24)2)33(34,35)36)27(37-31(22)40)21-44-45(6,7)32(3,4)5/h10-12,17,25,30H,8-9,13-16,18-21H2,1-7H3. The van der Waals surface area contributed by atoms with Crippen molar-refractivity contribution >= 4 is 19.8 Å². The number of morpholine rings is 1. The Morgan fingerprint density at radius 2 is 1.84 bits per heavy atom. The van der Waals surface area contributed by atoms with Crippen LogP contribution in [0.1, 0.15) is 73.7 Å². The zero-order valence-corrected chi connectivity index (χ0v) is 28.6. The van der Waals surface area contributed by atoms with Crippen LogP contribution in [0.25, 0.3) is 5.65 Å². The van der Waals surface area contributed by atoms with Crippen LogP contribution in [0.15, 0.2) is 24.3 Å². The van der Waals surface area contributed by atoms with Gasteiger partial charge in [-0.3, -0.25) is 0 Å². The van der Waals surface area contributed by atoms with Crippen molar-refractivity contribution in [3.8, 4) is 0 Å². The molecule has 3 aromatic rings. The van der Waals surface area contributed by atoms with Gasteiger partial charge in [-0.2, -0.15) is 13.2 Å². The molecule has 2 unspecified atom stereocenters. The summed E-state index contributed by atoms with van der Waals surface area (Å²) in [6, 6.07) is 6.38. The summed E-state index contributed by atoms with van der Waals surface area (Å²) in [7, 11) is -2.14. The van der Waals surface area contributed by atoms with E-state index in [0.29, 0.717) is 43.2 Å². The molecule has 0 amide bonds. The van der Waals surface area contributed by atoms with Crippen molar-refractivity contribution < 1.29 is 31.8 Å². The van der Waals surface area contributed by atoms with Crippen LogP contribution in [0.4, 0.5) is 19.0 Å². The first-order valence-corrected chi connectivity index (χ1v) is 18.8. The summed E-state index contributed by atoms with van der Waals surface area (Å²) in [5, 5.41) is 5.04. The third-order valence-electron chi connectivity index (χ3n) is 9.48. The molecule has 45 heavy (non-hydrogen) atoms. The number of anilines is 1. The maximum absolute atomic E-state index is 13.8. The third-order valence-corrected chi connectivity index (χ3v) is 14.0. The van der Waals surface area contributed by atoms with Gasteiger partial charge in [-0.25, -0.2) is 9.50 Å². The zero-order valence-electron chi connectivity index (χ0n) is 27.6.